The third-order valence-corrected chi connectivity index (χ3v) is 3.59. The minimum atomic E-state index is 0.127. The summed E-state index contributed by atoms with van der Waals surface area (Å²) in [7, 11) is 2.13. The largest absolute Gasteiger partial charge is 0.330 e. The number of carbonyl (C=O) groups is 1. The van der Waals surface area contributed by atoms with Gasteiger partial charge in [-0.3, -0.25) is 4.79 Å². The van der Waals surface area contributed by atoms with E-state index in [4.69, 9.17) is 5.73 Å². The quantitative estimate of drug-likeness (QED) is 0.813. The lowest BCUT2D eigenvalue weighted by Crippen LogP contribution is -2.24. The zero-order valence-corrected chi connectivity index (χ0v) is 11.6. The Labute approximate surface area is 115 Å². The van der Waals surface area contributed by atoms with Crippen LogP contribution in [0.25, 0.3) is 0 Å². The number of anilines is 1. The Morgan fingerprint density at radius 2 is 2.16 bits per heavy atom. The standard InChI is InChI=1S/C15H23N3O/c1-18(9-2-8-16)10-7-12-3-5-14-13(11-12)4-6-15(19)17-14/h3,5,11H,2,4,6-10,16H2,1H3,(H,17,19). The van der Waals surface area contributed by atoms with Crippen molar-refractivity contribution in [3.63, 3.8) is 0 Å². The molecule has 0 atom stereocenters. The van der Waals surface area contributed by atoms with Gasteiger partial charge in [-0.05, 0) is 56.6 Å². The van der Waals surface area contributed by atoms with E-state index in [9.17, 15) is 4.79 Å². The first kappa shape index (κ1) is 14.0. The lowest BCUT2D eigenvalue weighted by molar-refractivity contribution is -0.116. The Morgan fingerprint density at radius 3 is 2.95 bits per heavy atom. The molecule has 0 unspecified atom stereocenters. The summed E-state index contributed by atoms with van der Waals surface area (Å²) in [5.74, 6) is 0.127. The number of rotatable bonds is 6. The van der Waals surface area contributed by atoms with Crippen molar-refractivity contribution in [2.45, 2.75) is 25.7 Å². The molecule has 0 radical (unpaired) electrons. The molecule has 1 heterocycles. The Morgan fingerprint density at radius 1 is 1.32 bits per heavy atom. The van der Waals surface area contributed by atoms with Crippen molar-refractivity contribution < 1.29 is 4.79 Å². The lowest BCUT2D eigenvalue weighted by atomic mass is 9.99. The molecule has 0 spiro atoms. The smallest absolute Gasteiger partial charge is 0.224 e. The predicted molar refractivity (Wildman–Crippen MR) is 78.3 cm³/mol. The van der Waals surface area contributed by atoms with Crippen LogP contribution in [0.2, 0.25) is 0 Å². The van der Waals surface area contributed by atoms with Crippen molar-refractivity contribution in [2.75, 3.05) is 32.0 Å². The summed E-state index contributed by atoms with van der Waals surface area (Å²) in [5, 5.41) is 2.92. The average molecular weight is 261 g/mol. The number of aryl methyl sites for hydroxylation is 1. The van der Waals surface area contributed by atoms with Gasteiger partial charge >= 0.3 is 0 Å². The first-order chi connectivity index (χ1) is 9.19. The molecule has 1 aromatic rings. The van der Waals surface area contributed by atoms with E-state index < -0.39 is 0 Å². The number of nitrogens with zero attached hydrogens (tertiary/aromatic N) is 1. The van der Waals surface area contributed by atoms with Crippen molar-refractivity contribution in [1.82, 2.24) is 4.90 Å². The van der Waals surface area contributed by atoms with E-state index in [2.05, 4.69) is 29.4 Å². The average Bonchev–Trinajstić information content (AvgIpc) is 2.42. The topological polar surface area (TPSA) is 58.4 Å². The van der Waals surface area contributed by atoms with Gasteiger partial charge in [-0.1, -0.05) is 12.1 Å². The first-order valence-corrected chi connectivity index (χ1v) is 6.99. The maximum atomic E-state index is 11.3. The van der Waals surface area contributed by atoms with E-state index in [1.807, 2.05) is 6.07 Å². The molecule has 0 fully saturated rings. The van der Waals surface area contributed by atoms with Crippen LogP contribution < -0.4 is 11.1 Å². The fraction of sp³-hybridized carbons (Fsp3) is 0.533. The molecule has 1 aliphatic heterocycles. The van der Waals surface area contributed by atoms with Gasteiger partial charge in [0.1, 0.15) is 0 Å². The van der Waals surface area contributed by atoms with Crippen LogP contribution in [-0.2, 0) is 17.6 Å². The summed E-state index contributed by atoms with van der Waals surface area (Å²) < 4.78 is 0. The highest BCUT2D eigenvalue weighted by Crippen LogP contribution is 2.23. The fourth-order valence-electron chi connectivity index (χ4n) is 2.39. The molecule has 104 valence electrons. The fourth-order valence-corrected chi connectivity index (χ4v) is 2.39. The van der Waals surface area contributed by atoms with E-state index in [-0.39, 0.29) is 5.91 Å². The first-order valence-electron chi connectivity index (χ1n) is 6.99. The number of hydrogen-bond donors (Lipinski definition) is 2. The monoisotopic (exact) mass is 261 g/mol. The summed E-state index contributed by atoms with van der Waals surface area (Å²) in [6.07, 6.45) is 3.56. The second kappa shape index (κ2) is 6.68. The van der Waals surface area contributed by atoms with Crippen LogP contribution in [0.1, 0.15) is 24.0 Å². The summed E-state index contributed by atoms with van der Waals surface area (Å²) in [4.78, 5) is 13.6. The molecule has 19 heavy (non-hydrogen) atoms. The van der Waals surface area contributed by atoms with Crippen LogP contribution in [0.3, 0.4) is 0 Å². The number of carbonyl (C=O) groups excluding carboxylic acids is 1. The maximum absolute atomic E-state index is 11.3. The van der Waals surface area contributed by atoms with Gasteiger partial charge in [-0.25, -0.2) is 0 Å². The molecule has 1 aromatic carbocycles. The van der Waals surface area contributed by atoms with Crippen LogP contribution in [-0.4, -0.2) is 37.5 Å². The van der Waals surface area contributed by atoms with Gasteiger partial charge in [0.2, 0.25) is 5.91 Å². The molecule has 0 aromatic heterocycles. The number of hydrogen-bond acceptors (Lipinski definition) is 3. The van der Waals surface area contributed by atoms with Gasteiger partial charge in [0.25, 0.3) is 0 Å². The molecule has 3 N–H and O–H groups in total. The van der Waals surface area contributed by atoms with Gasteiger partial charge in [0, 0.05) is 18.7 Å². The zero-order valence-electron chi connectivity index (χ0n) is 11.6. The summed E-state index contributed by atoms with van der Waals surface area (Å²) in [6.45, 7) is 2.85. The third kappa shape index (κ3) is 4.04. The summed E-state index contributed by atoms with van der Waals surface area (Å²) in [6, 6.07) is 6.37. The zero-order chi connectivity index (χ0) is 13.7. The highest BCUT2D eigenvalue weighted by Gasteiger charge is 2.14. The van der Waals surface area contributed by atoms with Gasteiger partial charge in [0.05, 0.1) is 0 Å². The van der Waals surface area contributed by atoms with E-state index in [1.54, 1.807) is 0 Å². The Balaban J connectivity index is 1.90. The predicted octanol–water partition coefficient (Wildman–Crippen LogP) is 1.39. The molecule has 4 heteroatoms. The van der Waals surface area contributed by atoms with Crippen LogP contribution in [0, 0.1) is 0 Å². The van der Waals surface area contributed by atoms with E-state index in [1.165, 1.54) is 11.1 Å². The Kier molecular flexibility index (Phi) is 4.93. The summed E-state index contributed by atoms with van der Waals surface area (Å²) >= 11 is 0. The molecule has 0 saturated heterocycles. The number of nitrogens with two attached hydrogens (primary N) is 1. The van der Waals surface area contributed by atoms with Gasteiger partial charge in [-0.2, -0.15) is 0 Å². The van der Waals surface area contributed by atoms with Gasteiger partial charge < -0.3 is 16.0 Å². The molecular weight excluding hydrogens is 238 g/mol. The van der Waals surface area contributed by atoms with E-state index in [0.29, 0.717) is 6.42 Å². The molecule has 1 amide bonds. The molecule has 0 saturated carbocycles. The molecule has 4 nitrogen and oxygen atoms in total. The van der Waals surface area contributed by atoms with Crippen molar-refractivity contribution in [2.24, 2.45) is 5.73 Å². The maximum Gasteiger partial charge on any atom is 0.224 e. The second-order valence-corrected chi connectivity index (χ2v) is 5.24. The summed E-state index contributed by atoms with van der Waals surface area (Å²) in [5.41, 5.74) is 9.10. The minimum absolute atomic E-state index is 0.127. The molecule has 1 aliphatic rings. The minimum Gasteiger partial charge on any atom is -0.330 e. The van der Waals surface area contributed by atoms with Crippen LogP contribution >= 0.6 is 0 Å². The molecule has 0 aliphatic carbocycles. The van der Waals surface area contributed by atoms with Crippen LogP contribution in [0.5, 0.6) is 0 Å². The Hall–Kier alpha value is -1.39. The molecule has 0 bridgehead atoms. The second-order valence-electron chi connectivity index (χ2n) is 5.24. The molecular formula is C15H23N3O. The molecule has 2 rings (SSSR count). The third-order valence-electron chi connectivity index (χ3n) is 3.59. The number of amides is 1. The van der Waals surface area contributed by atoms with Crippen LogP contribution in [0.15, 0.2) is 18.2 Å². The number of benzene rings is 1. The van der Waals surface area contributed by atoms with Crippen molar-refractivity contribution >= 4 is 11.6 Å². The SMILES string of the molecule is CN(CCCN)CCc1ccc2c(c1)CCC(=O)N2. The van der Waals surface area contributed by atoms with Gasteiger partial charge in [0.15, 0.2) is 0 Å². The van der Waals surface area contributed by atoms with Crippen LogP contribution in [0.4, 0.5) is 5.69 Å². The highest BCUT2D eigenvalue weighted by atomic mass is 16.1. The van der Waals surface area contributed by atoms with E-state index in [0.717, 1.165) is 44.6 Å². The van der Waals surface area contributed by atoms with E-state index >= 15 is 0 Å². The number of likely N-dealkylation sites (N-methyl/N-ethyl adjacent to an activating group) is 1. The number of nitrogens with one attached hydrogen (secondary N) is 1. The Bertz CT molecular complexity index is 445. The van der Waals surface area contributed by atoms with Gasteiger partial charge in [-0.15, -0.1) is 0 Å². The normalized spacial score (nSPS) is 14.4. The van der Waals surface area contributed by atoms with Crippen molar-refractivity contribution in [3.8, 4) is 0 Å². The highest BCUT2D eigenvalue weighted by molar-refractivity contribution is 5.93. The van der Waals surface area contributed by atoms with Crippen molar-refractivity contribution in [1.29, 1.82) is 0 Å². The number of fused-ring (bicyclic) bond motifs is 1. The van der Waals surface area contributed by atoms with Crippen molar-refractivity contribution in [3.05, 3.63) is 29.3 Å². The lowest BCUT2D eigenvalue weighted by Gasteiger charge is -2.19.